The highest BCUT2D eigenvalue weighted by Gasteiger charge is 2.42. The summed E-state index contributed by atoms with van der Waals surface area (Å²) in [6, 6.07) is 12.2. The molecule has 28 heavy (non-hydrogen) atoms. The normalized spacial score (nSPS) is 16.6. The maximum Gasteiger partial charge on any atom is 0.142 e. The summed E-state index contributed by atoms with van der Waals surface area (Å²) < 4.78 is 7.58. The first-order valence-electron chi connectivity index (χ1n) is 10.1. The second-order valence-electron chi connectivity index (χ2n) is 8.07. The predicted octanol–water partition coefficient (Wildman–Crippen LogP) is 5.48. The number of ether oxygens (including phenoxy) is 1. The Labute approximate surface area is 170 Å². The summed E-state index contributed by atoms with van der Waals surface area (Å²) in [6.45, 7) is 4.36. The molecule has 3 aromatic rings. The van der Waals surface area contributed by atoms with Crippen LogP contribution < -0.4 is 9.64 Å². The SMILES string of the molecule is COc1ccc(-c2ccc(C)c3c(N(C4CC4)C4CC4)c(SC)nn23)c(C)c1. The van der Waals surface area contributed by atoms with E-state index in [1.54, 1.807) is 18.9 Å². The molecule has 2 fully saturated rings. The number of hydrogen-bond acceptors (Lipinski definition) is 4. The quantitative estimate of drug-likeness (QED) is 0.519. The summed E-state index contributed by atoms with van der Waals surface area (Å²) in [7, 11) is 1.72. The molecule has 0 aliphatic heterocycles. The van der Waals surface area contributed by atoms with Crippen LogP contribution >= 0.6 is 11.8 Å². The minimum absolute atomic E-state index is 0.706. The Balaban J connectivity index is 1.74. The molecule has 2 aliphatic rings. The molecule has 0 spiro atoms. The third kappa shape index (κ3) is 2.87. The van der Waals surface area contributed by atoms with Gasteiger partial charge in [-0.2, -0.15) is 5.10 Å². The summed E-state index contributed by atoms with van der Waals surface area (Å²) in [5.41, 5.74) is 7.49. The molecule has 0 saturated heterocycles. The maximum absolute atomic E-state index is 5.40. The zero-order chi connectivity index (χ0) is 19.4. The molecular formula is C23H27N3OS. The lowest BCUT2D eigenvalue weighted by Gasteiger charge is -2.25. The number of nitrogens with zero attached hydrogens (tertiary/aromatic N) is 3. The average Bonchev–Trinajstić information content (AvgIpc) is 3.62. The zero-order valence-corrected chi connectivity index (χ0v) is 17.8. The number of aromatic nitrogens is 2. The fourth-order valence-corrected chi connectivity index (χ4v) is 4.82. The van der Waals surface area contributed by atoms with Crippen LogP contribution in [0.4, 0.5) is 5.69 Å². The Kier molecular flexibility index (Phi) is 4.31. The first-order chi connectivity index (χ1) is 13.6. The van der Waals surface area contributed by atoms with E-state index in [2.05, 4.69) is 53.8 Å². The van der Waals surface area contributed by atoms with Crippen molar-refractivity contribution < 1.29 is 4.74 Å². The van der Waals surface area contributed by atoms with Gasteiger partial charge in [-0.3, -0.25) is 0 Å². The smallest absolute Gasteiger partial charge is 0.142 e. The van der Waals surface area contributed by atoms with E-state index in [1.807, 2.05) is 6.07 Å². The molecule has 146 valence electrons. The molecule has 2 aromatic heterocycles. The maximum atomic E-state index is 5.40. The van der Waals surface area contributed by atoms with Gasteiger partial charge in [-0.15, -0.1) is 11.8 Å². The number of benzene rings is 1. The first kappa shape index (κ1) is 17.9. The van der Waals surface area contributed by atoms with Crippen LogP contribution in [0.3, 0.4) is 0 Å². The molecule has 0 amide bonds. The molecule has 5 heteroatoms. The van der Waals surface area contributed by atoms with Crippen molar-refractivity contribution in [2.24, 2.45) is 0 Å². The number of anilines is 1. The monoisotopic (exact) mass is 393 g/mol. The topological polar surface area (TPSA) is 29.8 Å². The van der Waals surface area contributed by atoms with Crippen molar-refractivity contribution in [3.8, 4) is 17.0 Å². The van der Waals surface area contributed by atoms with Gasteiger partial charge in [0.05, 0.1) is 24.0 Å². The second-order valence-corrected chi connectivity index (χ2v) is 8.87. The first-order valence-corrected chi connectivity index (χ1v) is 11.3. The van der Waals surface area contributed by atoms with Gasteiger partial charge in [0.1, 0.15) is 10.8 Å². The summed E-state index contributed by atoms with van der Waals surface area (Å²) in [5, 5.41) is 6.25. The van der Waals surface area contributed by atoms with E-state index in [0.717, 1.165) is 16.5 Å². The largest absolute Gasteiger partial charge is 0.497 e. The Bertz CT molecular complexity index is 1040. The molecule has 0 unspecified atom stereocenters. The molecule has 0 radical (unpaired) electrons. The third-order valence-corrected chi connectivity index (χ3v) is 6.63. The van der Waals surface area contributed by atoms with Crippen LogP contribution in [0.25, 0.3) is 16.8 Å². The lowest BCUT2D eigenvalue weighted by molar-refractivity contribution is 0.414. The molecule has 0 N–H and O–H groups in total. The number of methoxy groups -OCH3 is 1. The lowest BCUT2D eigenvalue weighted by atomic mass is 10.0. The van der Waals surface area contributed by atoms with E-state index in [1.165, 1.54) is 53.6 Å². The highest BCUT2D eigenvalue weighted by molar-refractivity contribution is 7.98. The van der Waals surface area contributed by atoms with Crippen LogP contribution in [0.15, 0.2) is 35.4 Å². The second kappa shape index (κ2) is 6.73. The van der Waals surface area contributed by atoms with Gasteiger partial charge in [-0.1, -0.05) is 6.07 Å². The number of pyridine rings is 1. The fraction of sp³-hybridized carbons (Fsp3) is 0.435. The van der Waals surface area contributed by atoms with Crippen LogP contribution in [0, 0.1) is 13.8 Å². The van der Waals surface area contributed by atoms with E-state index in [9.17, 15) is 0 Å². The predicted molar refractivity (Wildman–Crippen MR) is 117 cm³/mol. The van der Waals surface area contributed by atoms with Gasteiger partial charge in [0, 0.05) is 17.6 Å². The Hall–Kier alpha value is -2.14. The summed E-state index contributed by atoms with van der Waals surface area (Å²) in [6.07, 6.45) is 7.42. The van der Waals surface area contributed by atoms with E-state index < -0.39 is 0 Å². The molecule has 0 bridgehead atoms. The van der Waals surface area contributed by atoms with Gasteiger partial charge in [-0.25, -0.2) is 4.52 Å². The van der Waals surface area contributed by atoms with Crippen molar-refractivity contribution in [2.75, 3.05) is 18.3 Å². The number of rotatable bonds is 6. The average molecular weight is 394 g/mol. The van der Waals surface area contributed by atoms with Crippen LogP contribution in [0.2, 0.25) is 0 Å². The van der Waals surface area contributed by atoms with Crippen molar-refractivity contribution in [2.45, 2.75) is 56.6 Å². The van der Waals surface area contributed by atoms with Gasteiger partial charge in [0.15, 0.2) is 0 Å². The van der Waals surface area contributed by atoms with Gasteiger partial charge in [-0.05, 0) is 81.2 Å². The Morgan fingerprint density at radius 2 is 1.75 bits per heavy atom. The van der Waals surface area contributed by atoms with Gasteiger partial charge in [0.2, 0.25) is 0 Å². The summed E-state index contributed by atoms with van der Waals surface area (Å²) >= 11 is 1.77. The summed E-state index contributed by atoms with van der Waals surface area (Å²) in [4.78, 5) is 2.70. The molecule has 1 aromatic carbocycles. The highest BCUT2D eigenvalue weighted by atomic mass is 32.2. The molecule has 4 nitrogen and oxygen atoms in total. The van der Waals surface area contributed by atoms with Gasteiger partial charge in [0.25, 0.3) is 0 Å². The van der Waals surface area contributed by atoms with Crippen LogP contribution in [-0.4, -0.2) is 35.1 Å². The molecule has 2 aliphatic carbocycles. The van der Waals surface area contributed by atoms with E-state index >= 15 is 0 Å². The Morgan fingerprint density at radius 1 is 1.04 bits per heavy atom. The molecule has 0 atom stereocenters. The van der Waals surface area contributed by atoms with Crippen molar-refractivity contribution >= 4 is 23.0 Å². The Morgan fingerprint density at radius 3 is 2.32 bits per heavy atom. The third-order valence-electron chi connectivity index (χ3n) is 5.96. The van der Waals surface area contributed by atoms with Crippen LogP contribution in [0.1, 0.15) is 36.8 Å². The standard InChI is InChI=1S/C23H27N3OS/c1-14-5-12-20(19-11-10-18(27-3)13-15(19)2)26-21(14)22(23(24-26)28-4)25(16-6-7-16)17-8-9-17/h5,10-13,16-17H,6-9H2,1-4H3. The van der Waals surface area contributed by atoms with E-state index in [4.69, 9.17) is 9.84 Å². The van der Waals surface area contributed by atoms with Gasteiger partial charge >= 0.3 is 0 Å². The number of fused-ring (bicyclic) bond motifs is 1. The van der Waals surface area contributed by atoms with Crippen molar-refractivity contribution in [3.05, 3.63) is 41.5 Å². The van der Waals surface area contributed by atoms with Gasteiger partial charge < -0.3 is 9.64 Å². The molecule has 2 saturated carbocycles. The van der Waals surface area contributed by atoms with Crippen molar-refractivity contribution in [3.63, 3.8) is 0 Å². The summed E-state index contributed by atoms with van der Waals surface area (Å²) in [5.74, 6) is 0.893. The number of aryl methyl sites for hydroxylation is 2. The molecular weight excluding hydrogens is 366 g/mol. The highest BCUT2D eigenvalue weighted by Crippen LogP contribution is 2.47. The minimum Gasteiger partial charge on any atom is -0.497 e. The number of thioether (sulfide) groups is 1. The molecule has 2 heterocycles. The molecule has 5 rings (SSSR count). The van der Waals surface area contributed by atoms with Crippen molar-refractivity contribution in [1.82, 2.24) is 9.61 Å². The fourth-order valence-electron chi connectivity index (χ4n) is 4.26. The van der Waals surface area contributed by atoms with E-state index in [-0.39, 0.29) is 0 Å². The van der Waals surface area contributed by atoms with Crippen LogP contribution in [0.5, 0.6) is 5.75 Å². The van der Waals surface area contributed by atoms with Crippen LogP contribution in [-0.2, 0) is 0 Å². The number of hydrogen-bond donors (Lipinski definition) is 0. The zero-order valence-electron chi connectivity index (χ0n) is 17.0. The minimum atomic E-state index is 0.706. The van der Waals surface area contributed by atoms with Crippen molar-refractivity contribution in [1.29, 1.82) is 0 Å². The van der Waals surface area contributed by atoms with E-state index in [0.29, 0.717) is 12.1 Å². The lowest BCUT2D eigenvalue weighted by Crippen LogP contribution is -2.28.